The van der Waals surface area contributed by atoms with E-state index >= 15 is 0 Å². The molecule has 1 aromatic rings. The van der Waals surface area contributed by atoms with Crippen LogP contribution in [0.15, 0.2) is 30.3 Å². The summed E-state index contributed by atoms with van der Waals surface area (Å²) in [6, 6.07) is 8.86. The van der Waals surface area contributed by atoms with Crippen molar-refractivity contribution in [3.63, 3.8) is 0 Å². The Bertz CT molecular complexity index is 355. The molecule has 1 aliphatic rings. The van der Waals surface area contributed by atoms with Gasteiger partial charge in [0, 0.05) is 31.1 Å². The van der Waals surface area contributed by atoms with Crippen molar-refractivity contribution >= 4 is 5.91 Å². The molecule has 0 radical (unpaired) electrons. The van der Waals surface area contributed by atoms with Crippen molar-refractivity contribution in [3.05, 3.63) is 35.9 Å². The standard InChI is InChI=1S/C12H15FN2O/c13-10-6-11(8-14-7-10)15-12(16)9-4-2-1-3-5-9/h1-5,10-11,14H,6-8H2,(H,15,16)/t10-,11-/m1/s1. The van der Waals surface area contributed by atoms with Crippen molar-refractivity contribution in [1.82, 2.24) is 10.6 Å². The fraction of sp³-hybridized carbons (Fsp3) is 0.417. The molecule has 1 saturated heterocycles. The topological polar surface area (TPSA) is 41.1 Å². The van der Waals surface area contributed by atoms with Crippen molar-refractivity contribution in [2.45, 2.75) is 18.6 Å². The fourth-order valence-corrected chi connectivity index (χ4v) is 1.86. The highest BCUT2D eigenvalue weighted by atomic mass is 19.1. The summed E-state index contributed by atoms with van der Waals surface area (Å²) in [6.07, 6.45) is -0.471. The number of alkyl halides is 1. The summed E-state index contributed by atoms with van der Waals surface area (Å²) in [7, 11) is 0. The summed E-state index contributed by atoms with van der Waals surface area (Å²) in [6.45, 7) is 1.02. The van der Waals surface area contributed by atoms with Crippen molar-refractivity contribution in [2.24, 2.45) is 0 Å². The highest BCUT2D eigenvalue weighted by Crippen LogP contribution is 2.07. The summed E-state index contributed by atoms with van der Waals surface area (Å²) >= 11 is 0. The van der Waals surface area contributed by atoms with Crippen LogP contribution in [-0.4, -0.2) is 31.2 Å². The molecule has 0 bridgehead atoms. The Balaban J connectivity index is 1.92. The predicted octanol–water partition coefficient (Wildman–Crippen LogP) is 1.12. The molecule has 0 saturated carbocycles. The lowest BCUT2D eigenvalue weighted by Crippen LogP contribution is -2.49. The van der Waals surface area contributed by atoms with Gasteiger partial charge in [0.2, 0.25) is 0 Å². The summed E-state index contributed by atoms with van der Waals surface area (Å²) in [5.41, 5.74) is 0.614. The van der Waals surface area contributed by atoms with Gasteiger partial charge >= 0.3 is 0 Å². The summed E-state index contributed by atoms with van der Waals surface area (Å²) in [5.74, 6) is -0.137. The zero-order valence-corrected chi connectivity index (χ0v) is 8.95. The molecule has 0 unspecified atom stereocenters. The molecular weight excluding hydrogens is 207 g/mol. The van der Waals surface area contributed by atoms with Crippen LogP contribution in [0.2, 0.25) is 0 Å². The Morgan fingerprint density at radius 3 is 2.75 bits per heavy atom. The molecule has 3 nitrogen and oxygen atoms in total. The molecule has 0 aliphatic carbocycles. The van der Waals surface area contributed by atoms with Gasteiger partial charge in [-0.15, -0.1) is 0 Å². The minimum absolute atomic E-state index is 0.114. The molecular formula is C12H15FN2O. The number of nitrogens with one attached hydrogen (secondary N) is 2. The first-order valence-electron chi connectivity index (χ1n) is 5.46. The van der Waals surface area contributed by atoms with Gasteiger partial charge in [-0.25, -0.2) is 4.39 Å². The molecule has 2 atom stereocenters. The Morgan fingerprint density at radius 2 is 2.06 bits per heavy atom. The van der Waals surface area contributed by atoms with E-state index < -0.39 is 6.17 Å². The van der Waals surface area contributed by atoms with Crippen molar-refractivity contribution < 1.29 is 9.18 Å². The molecule has 1 aliphatic heterocycles. The van der Waals surface area contributed by atoms with Gasteiger partial charge in [-0.2, -0.15) is 0 Å². The number of benzene rings is 1. The summed E-state index contributed by atoms with van der Waals surface area (Å²) in [5, 5.41) is 5.78. The first-order valence-corrected chi connectivity index (χ1v) is 5.46. The fourth-order valence-electron chi connectivity index (χ4n) is 1.86. The van der Waals surface area contributed by atoms with Gasteiger partial charge in [0.25, 0.3) is 5.91 Å². The number of rotatable bonds is 2. The monoisotopic (exact) mass is 222 g/mol. The highest BCUT2D eigenvalue weighted by molar-refractivity contribution is 5.94. The lowest BCUT2D eigenvalue weighted by Gasteiger charge is -2.26. The third-order valence-electron chi connectivity index (χ3n) is 2.67. The molecule has 0 aromatic heterocycles. The van der Waals surface area contributed by atoms with Crippen LogP contribution in [0, 0.1) is 0 Å². The van der Waals surface area contributed by atoms with Gasteiger partial charge < -0.3 is 10.6 Å². The van der Waals surface area contributed by atoms with Gasteiger partial charge in [0.1, 0.15) is 6.17 Å². The molecule has 16 heavy (non-hydrogen) atoms. The van der Waals surface area contributed by atoms with Crippen LogP contribution in [-0.2, 0) is 0 Å². The minimum Gasteiger partial charge on any atom is -0.348 e. The third-order valence-corrected chi connectivity index (χ3v) is 2.67. The second kappa shape index (κ2) is 5.07. The maximum Gasteiger partial charge on any atom is 0.251 e. The number of piperidine rings is 1. The van der Waals surface area contributed by atoms with E-state index in [9.17, 15) is 9.18 Å². The average molecular weight is 222 g/mol. The number of amides is 1. The first kappa shape index (κ1) is 11.1. The van der Waals surface area contributed by atoms with Crippen LogP contribution in [0.3, 0.4) is 0 Å². The first-order chi connectivity index (χ1) is 7.75. The molecule has 4 heteroatoms. The maximum absolute atomic E-state index is 13.1. The normalized spacial score (nSPS) is 25.1. The summed E-state index contributed by atoms with van der Waals surface area (Å²) in [4.78, 5) is 11.8. The lowest BCUT2D eigenvalue weighted by atomic mass is 10.1. The molecule has 2 N–H and O–H groups in total. The Morgan fingerprint density at radius 1 is 1.31 bits per heavy atom. The van der Waals surface area contributed by atoms with Gasteiger partial charge in [0.15, 0.2) is 0 Å². The van der Waals surface area contributed by atoms with E-state index in [0.717, 1.165) is 0 Å². The minimum atomic E-state index is -0.866. The van der Waals surface area contributed by atoms with Crippen LogP contribution in [0.1, 0.15) is 16.8 Å². The van der Waals surface area contributed by atoms with E-state index in [1.54, 1.807) is 12.1 Å². The predicted molar refractivity (Wildman–Crippen MR) is 60.1 cm³/mol. The van der Waals surface area contributed by atoms with Crippen molar-refractivity contribution in [2.75, 3.05) is 13.1 Å². The summed E-state index contributed by atoms with van der Waals surface area (Å²) < 4.78 is 13.1. The molecule has 1 aromatic carbocycles. The van der Waals surface area contributed by atoms with Crippen LogP contribution < -0.4 is 10.6 Å². The SMILES string of the molecule is O=C(N[C@H]1CNC[C@H](F)C1)c1ccccc1. The Hall–Kier alpha value is -1.42. The van der Waals surface area contributed by atoms with Crippen LogP contribution in [0.5, 0.6) is 0 Å². The number of hydrogen-bond donors (Lipinski definition) is 2. The number of carbonyl (C=O) groups is 1. The second-order valence-electron chi connectivity index (χ2n) is 4.03. The van der Waals surface area contributed by atoms with E-state index in [-0.39, 0.29) is 11.9 Å². The molecule has 1 heterocycles. The average Bonchev–Trinajstić information content (AvgIpc) is 2.30. The largest absolute Gasteiger partial charge is 0.348 e. The highest BCUT2D eigenvalue weighted by Gasteiger charge is 2.22. The Labute approximate surface area is 94.0 Å². The maximum atomic E-state index is 13.1. The van der Waals surface area contributed by atoms with Crippen LogP contribution in [0.4, 0.5) is 4.39 Å². The number of carbonyl (C=O) groups excluding carboxylic acids is 1. The van der Waals surface area contributed by atoms with Gasteiger partial charge in [-0.3, -0.25) is 4.79 Å². The molecule has 1 amide bonds. The van der Waals surface area contributed by atoms with E-state index in [2.05, 4.69) is 10.6 Å². The molecule has 2 rings (SSSR count). The molecule has 86 valence electrons. The molecule has 0 spiro atoms. The third kappa shape index (κ3) is 2.79. The quantitative estimate of drug-likeness (QED) is 0.787. The zero-order chi connectivity index (χ0) is 11.4. The van der Waals surface area contributed by atoms with E-state index in [1.807, 2.05) is 18.2 Å². The van der Waals surface area contributed by atoms with Crippen LogP contribution in [0.25, 0.3) is 0 Å². The second-order valence-corrected chi connectivity index (χ2v) is 4.03. The van der Waals surface area contributed by atoms with Gasteiger partial charge in [-0.05, 0) is 12.1 Å². The smallest absolute Gasteiger partial charge is 0.251 e. The van der Waals surface area contributed by atoms with E-state index in [0.29, 0.717) is 25.1 Å². The molecule has 1 fully saturated rings. The van der Waals surface area contributed by atoms with Gasteiger partial charge in [0.05, 0.1) is 0 Å². The number of hydrogen-bond acceptors (Lipinski definition) is 2. The zero-order valence-electron chi connectivity index (χ0n) is 8.95. The number of halogens is 1. The van der Waals surface area contributed by atoms with Crippen molar-refractivity contribution in [3.8, 4) is 0 Å². The van der Waals surface area contributed by atoms with Crippen LogP contribution >= 0.6 is 0 Å². The van der Waals surface area contributed by atoms with E-state index in [4.69, 9.17) is 0 Å². The van der Waals surface area contributed by atoms with E-state index in [1.165, 1.54) is 0 Å². The lowest BCUT2D eigenvalue weighted by molar-refractivity contribution is 0.0919. The Kier molecular flexibility index (Phi) is 3.51. The van der Waals surface area contributed by atoms with Gasteiger partial charge in [-0.1, -0.05) is 18.2 Å². The van der Waals surface area contributed by atoms with Crippen molar-refractivity contribution in [1.29, 1.82) is 0 Å².